The van der Waals surface area contributed by atoms with Gasteiger partial charge in [-0.15, -0.1) is 0 Å². The van der Waals surface area contributed by atoms with E-state index in [-0.39, 0.29) is 6.04 Å². The van der Waals surface area contributed by atoms with E-state index in [0.29, 0.717) is 11.8 Å². The van der Waals surface area contributed by atoms with Crippen LogP contribution in [-0.4, -0.2) is 4.40 Å². The second-order valence-corrected chi connectivity index (χ2v) is 14.5. The molecule has 3 nitrogen and oxygen atoms in total. The Balaban J connectivity index is 1.26. The summed E-state index contributed by atoms with van der Waals surface area (Å²) in [4.78, 5) is 0. The molecule has 2 aliphatic heterocycles. The molecule has 0 spiro atoms. The maximum absolute atomic E-state index is 4.78. The molecule has 10 rings (SSSR count). The van der Waals surface area contributed by atoms with Crippen LogP contribution in [0.1, 0.15) is 66.8 Å². The first kappa shape index (κ1) is 27.8. The molecule has 0 amide bonds. The van der Waals surface area contributed by atoms with Crippen molar-refractivity contribution < 1.29 is 9.13 Å². The van der Waals surface area contributed by atoms with E-state index >= 15 is 0 Å². The van der Waals surface area contributed by atoms with Crippen molar-refractivity contribution in [2.24, 2.45) is 0 Å². The van der Waals surface area contributed by atoms with Crippen LogP contribution in [0, 0.1) is 6.92 Å². The topological polar surface area (TPSA) is 12.2 Å². The van der Waals surface area contributed by atoms with Crippen LogP contribution in [0.25, 0.3) is 66.3 Å². The number of fused-ring (bicyclic) bond motifs is 15. The quantitative estimate of drug-likeness (QED) is 0.162. The third-order valence-electron chi connectivity index (χ3n) is 11.4. The lowest BCUT2D eigenvalue weighted by Crippen LogP contribution is -2.49. The molecular weight excluding hydrogens is 583 g/mol. The molecule has 2 aliphatic rings. The fraction of sp³-hybridized carbons (Fsp3) is 0.200. The van der Waals surface area contributed by atoms with E-state index in [1.807, 2.05) is 0 Å². The van der Waals surface area contributed by atoms with E-state index in [2.05, 4.69) is 150 Å². The monoisotopic (exact) mass is 621 g/mol. The van der Waals surface area contributed by atoms with Crippen molar-refractivity contribution in [3.63, 3.8) is 0 Å². The summed E-state index contributed by atoms with van der Waals surface area (Å²) in [6.45, 7) is 11.6. The van der Waals surface area contributed by atoms with Crippen molar-refractivity contribution in [1.29, 1.82) is 0 Å². The minimum Gasteiger partial charge on any atom is -0.308 e. The highest BCUT2D eigenvalue weighted by molar-refractivity contribution is 6.24. The van der Waals surface area contributed by atoms with Gasteiger partial charge in [0.25, 0.3) is 0 Å². The molecule has 4 aromatic carbocycles. The van der Waals surface area contributed by atoms with Crippen LogP contribution in [0.2, 0.25) is 0 Å². The van der Waals surface area contributed by atoms with Crippen molar-refractivity contribution >= 4 is 43.8 Å². The zero-order valence-corrected chi connectivity index (χ0v) is 27.9. The standard InChI is InChI=1S/C45H39N3/c1-27(2)31-22-38-34-13-7-8-15-42(34)48-44-24-30-17-18-35-32-11-5-6-12-33(32)41-19-16-28(3)26-47(41)43(35)21-29(4)46-20-10-9-14-40(46)36(30)25-37(44)39(23-31)45(38)48/h5-16,19-20,22-27,35,43H,4,17-18,21H2,1-3H3/q+2. The van der Waals surface area contributed by atoms with Gasteiger partial charge in [0.2, 0.25) is 11.4 Å². The van der Waals surface area contributed by atoms with E-state index in [0.717, 1.165) is 25.0 Å². The van der Waals surface area contributed by atoms with Crippen molar-refractivity contribution in [2.75, 3.05) is 0 Å². The van der Waals surface area contributed by atoms with Crippen LogP contribution in [-0.2, 0) is 6.42 Å². The maximum Gasteiger partial charge on any atom is 0.218 e. The summed E-state index contributed by atoms with van der Waals surface area (Å²) in [6.07, 6.45) is 7.54. The van der Waals surface area contributed by atoms with Gasteiger partial charge in [-0.1, -0.05) is 50.2 Å². The number of aromatic nitrogens is 3. The molecule has 6 heterocycles. The fourth-order valence-corrected chi connectivity index (χ4v) is 9.15. The molecule has 0 fully saturated rings. The van der Waals surface area contributed by atoms with Gasteiger partial charge in [-0.3, -0.25) is 0 Å². The van der Waals surface area contributed by atoms with Crippen LogP contribution < -0.4 is 9.13 Å². The largest absolute Gasteiger partial charge is 0.308 e. The lowest BCUT2D eigenvalue weighted by Gasteiger charge is -2.31. The SMILES string of the molecule is C=C1CC2C(CCc3cc4c(cc3-c3cccc[n+]31)c1cc(C(C)C)cc3c5ccccc5n4c31)c1ccccc1-c1ccc(C)c[n+]12. The van der Waals surface area contributed by atoms with E-state index in [1.54, 1.807) is 0 Å². The van der Waals surface area contributed by atoms with Gasteiger partial charge in [-0.05, 0) is 97.5 Å². The smallest absolute Gasteiger partial charge is 0.218 e. The molecule has 4 aromatic heterocycles. The van der Waals surface area contributed by atoms with Crippen molar-refractivity contribution in [3.8, 4) is 22.5 Å². The predicted molar refractivity (Wildman–Crippen MR) is 198 cm³/mol. The lowest BCUT2D eigenvalue weighted by molar-refractivity contribution is -0.720. The molecule has 0 bridgehead atoms. The first-order chi connectivity index (χ1) is 23.5. The van der Waals surface area contributed by atoms with Crippen molar-refractivity contribution in [2.45, 2.75) is 57.9 Å². The van der Waals surface area contributed by atoms with Crippen LogP contribution in [0.3, 0.4) is 0 Å². The summed E-state index contributed by atoms with van der Waals surface area (Å²) < 4.78 is 7.48. The maximum atomic E-state index is 4.78. The molecular formula is C45H39N3+2. The number of pyridine rings is 2. The number of hydrogen-bond donors (Lipinski definition) is 0. The van der Waals surface area contributed by atoms with E-state index in [4.69, 9.17) is 6.58 Å². The van der Waals surface area contributed by atoms with Crippen molar-refractivity contribution in [1.82, 2.24) is 4.40 Å². The summed E-state index contributed by atoms with van der Waals surface area (Å²) in [5, 5.41) is 5.39. The summed E-state index contributed by atoms with van der Waals surface area (Å²) >= 11 is 0. The molecule has 0 saturated carbocycles. The highest BCUT2D eigenvalue weighted by Crippen LogP contribution is 2.46. The Morgan fingerprint density at radius 1 is 0.750 bits per heavy atom. The second kappa shape index (κ2) is 10.1. The Morgan fingerprint density at radius 2 is 1.54 bits per heavy atom. The van der Waals surface area contributed by atoms with E-state index < -0.39 is 0 Å². The number of rotatable bonds is 1. The number of aryl methyl sites for hydroxylation is 2. The number of allylic oxidation sites excluding steroid dienone is 1. The average molecular weight is 622 g/mol. The first-order valence-corrected chi connectivity index (χ1v) is 17.5. The molecule has 0 aliphatic carbocycles. The molecule has 3 heteroatoms. The van der Waals surface area contributed by atoms with Gasteiger partial charge >= 0.3 is 0 Å². The Labute approximate surface area is 281 Å². The van der Waals surface area contributed by atoms with Gasteiger partial charge < -0.3 is 4.40 Å². The minimum atomic E-state index is 0.283. The summed E-state index contributed by atoms with van der Waals surface area (Å²) in [5.74, 6) is 0.820. The summed E-state index contributed by atoms with van der Waals surface area (Å²) in [5.41, 5.74) is 15.9. The van der Waals surface area contributed by atoms with Crippen LogP contribution in [0.15, 0.2) is 122 Å². The lowest BCUT2D eigenvalue weighted by atomic mass is 9.77. The highest BCUT2D eigenvalue weighted by atomic mass is 15.0. The van der Waals surface area contributed by atoms with Crippen LogP contribution >= 0.6 is 0 Å². The zero-order chi connectivity index (χ0) is 32.3. The zero-order valence-electron chi connectivity index (χ0n) is 27.9. The molecule has 0 radical (unpaired) electrons. The van der Waals surface area contributed by atoms with E-state index in [9.17, 15) is 0 Å². The Kier molecular flexibility index (Phi) is 5.85. The molecule has 2 unspecified atom stereocenters. The molecule has 0 saturated heterocycles. The van der Waals surface area contributed by atoms with E-state index in [1.165, 1.54) is 82.9 Å². The fourth-order valence-electron chi connectivity index (χ4n) is 9.15. The van der Waals surface area contributed by atoms with Crippen LogP contribution in [0.4, 0.5) is 0 Å². The minimum absolute atomic E-state index is 0.283. The van der Waals surface area contributed by atoms with Gasteiger partial charge in [0, 0.05) is 56.8 Å². The Morgan fingerprint density at radius 3 is 2.42 bits per heavy atom. The molecule has 232 valence electrons. The first-order valence-electron chi connectivity index (χ1n) is 17.5. The number of benzene rings is 4. The van der Waals surface area contributed by atoms with Crippen LogP contribution in [0.5, 0.6) is 0 Å². The highest BCUT2D eigenvalue weighted by Gasteiger charge is 2.42. The number of para-hydroxylation sites is 1. The van der Waals surface area contributed by atoms with Gasteiger partial charge in [0.1, 0.15) is 0 Å². The average Bonchev–Trinajstić information content (AvgIpc) is 3.61. The molecule has 0 N–H and O–H groups in total. The normalized spacial score (nSPS) is 17.5. The van der Waals surface area contributed by atoms with Gasteiger partial charge in [0.15, 0.2) is 24.1 Å². The van der Waals surface area contributed by atoms with Gasteiger partial charge in [0.05, 0.1) is 28.5 Å². The molecule has 48 heavy (non-hydrogen) atoms. The molecule has 2 atom stereocenters. The summed E-state index contributed by atoms with van der Waals surface area (Å²) in [6, 6.07) is 39.5. The molecule has 8 aromatic rings. The van der Waals surface area contributed by atoms with Gasteiger partial charge in [-0.25, -0.2) is 0 Å². The van der Waals surface area contributed by atoms with Gasteiger partial charge in [-0.2, -0.15) is 9.13 Å². The number of nitrogens with zero attached hydrogens (tertiary/aromatic N) is 3. The third kappa shape index (κ3) is 3.82. The summed E-state index contributed by atoms with van der Waals surface area (Å²) in [7, 11) is 0. The predicted octanol–water partition coefficient (Wildman–Crippen LogP) is 10.3. The second-order valence-electron chi connectivity index (χ2n) is 14.5. The van der Waals surface area contributed by atoms with Crippen molar-refractivity contribution in [3.05, 3.63) is 144 Å². The Hall–Kier alpha value is -5.28. The Bertz CT molecular complexity index is 2620. The third-order valence-corrected chi connectivity index (χ3v) is 11.4. The number of hydrogen-bond acceptors (Lipinski definition) is 0.